The number of benzene rings is 1. The van der Waals surface area contributed by atoms with Crippen LogP contribution in [0.4, 0.5) is 0 Å². The van der Waals surface area contributed by atoms with Gasteiger partial charge in [0.1, 0.15) is 0 Å². The van der Waals surface area contributed by atoms with E-state index in [9.17, 15) is 24.6 Å². The fraction of sp³-hybridized carbons (Fsp3) is 0.438. The van der Waals surface area contributed by atoms with Crippen molar-refractivity contribution < 1.29 is 24.6 Å². The summed E-state index contributed by atoms with van der Waals surface area (Å²) in [7, 11) is 0. The van der Waals surface area contributed by atoms with Crippen molar-refractivity contribution in [1.82, 2.24) is 5.32 Å². The lowest BCUT2D eigenvalue weighted by atomic mass is 9.97. The van der Waals surface area contributed by atoms with Crippen LogP contribution >= 0.6 is 0 Å². The van der Waals surface area contributed by atoms with Crippen molar-refractivity contribution in [2.75, 3.05) is 0 Å². The monoisotopic (exact) mass is 305 g/mol. The van der Waals surface area contributed by atoms with Gasteiger partial charge in [-0.15, -0.1) is 0 Å². The Balaban J connectivity index is 2.80. The fourth-order valence-electron chi connectivity index (χ4n) is 2.09. The molecule has 0 fully saturated rings. The molecule has 0 aliphatic rings. The zero-order chi connectivity index (χ0) is 16.7. The minimum atomic E-state index is -1.54. The molecule has 0 aromatic heterocycles. The van der Waals surface area contributed by atoms with Gasteiger partial charge in [0.15, 0.2) is 0 Å². The van der Waals surface area contributed by atoms with Crippen molar-refractivity contribution in [3.8, 4) is 0 Å². The second-order valence-electron chi connectivity index (χ2n) is 5.57. The molecule has 0 bridgehead atoms. The van der Waals surface area contributed by atoms with Gasteiger partial charge in [0.25, 0.3) is 0 Å². The number of nitrogens with one attached hydrogen (secondary N) is 1. The molecule has 120 valence electrons. The predicted molar refractivity (Wildman–Crippen MR) is 75.0 cm³/mol. The molecular formula is C16H19NO5-2. The summed E-state index contributed by atoms with van der Waals surface area (Å²) >= 11 is 0. The summed E-state index contributed by atoms with van der Waals surface area (Å²) in [5.74, 6) is -5.28. The number of carboxylic acids is 2. The molecule has 6 nitrogen and oxygen atoms in total. The number of carbonyl (C=O) groups is 3. The Morgan fingerprint density at radius 3 is 2.09 bits per heavy atom. The number of hydrogen-bond acceptors (Lipinski definition) is 5. The molecule has 1 aromatic rings. The summed E-state index contributed by atoms with van der Waals surface area (Å²) in [6.45, 7) is 3.59. The Morgan fingerprint density at radius 2 is 1.64 bits per heavy atom. The molecule has 0 unspecified atom stereocenters. The van der Waals surface area contributed by atoms with Gasteiger partial charge in [-0.05, 0) is 24.3 Å². The van der Waals surface area contributed by atoms with Crippen LogP contribution in [0.5, 0.6) is 0 Å². The topological polar surface area (TPSA) is 109 Å². The minimum Gasteiger partial charge on any atom is -0.549 e. The second-order valence-corrected chi connectivity index (χ2v) is 5.57. The SMILES string of the molecule is CC(C)C[C@H](NC(=O)[C@@H](Cc1ccccc1)C(=O)[O-])C(=O)[O-]. The van der Waals surface area contributed by atoms with Gasteiger partial charge in [0, 0.05) is 0 Å². The number of rotatable bonds is 8. The standard InChI is InChI=1S/C16H21NO5/c1-10(2)8-13(16(21)22)17-14(18)12(15(19)20)9-11-6-4-3-5-7-11/h3-7,10,12-13H,8-9H2,1-2H3,(H,17,18)(H,19,20)(H,21,22)/p-2/t12-,13+/m1/s1. The van der Waals surface area contributed by atoms with Crippen molar-refractivity contribution in [2.45, 2.75) is 32.7 Å². The maximum absolute atomic E-state index is 12.1. The predicted octanol–water partition coefficient (Wildman–Crippen LogP) is -1.12. The third-order valence-corrected chi connectivity index (χ3v) is 3.19. The summed E-state index contributed by atoms with van der Waals surface area (Å²) < 4.78 is 0. The van der Waals surface area contributed by atoms with E-state index in [4.69, 9.17) is 0 Å². The number of carboxylic acid groups (broad SMARTS) is 2. The smallest absolute Gasteiger partial charge is 0.229 e. The number of amides is 1. The van der Waals surface area contributed by atoms with Crippen LogP contribution in [0, 0.1) is 11.8 Å². The van der Waals surface area contributed by atoms with Crippen molar-refractivity contribution in [3.63, 3.8) is 0 Å². The maximum atomic E-state index is 12.1. The van der Waals surface area contributed by atoms with Gasteiger partial charge in [-0.25, -0.2) is 0 Å². The molecule has 0 radical (unpaired) electrons. The van der Waals surface area contributed by atoms with Crippen molar-refractivity contribution in [1.29, 1.82) is 0 Å². The van der Waals surface area contributed by atoms with E-state index in [0.717, 1.165) is 0 Å². The number of aliphatic carboxylic acids is 2. The van der Waals surface area contributed by atoms with Crippen LogP contribution in [0.1, 0.15) is 25.8 Å². The van der Waals surface area contributed by atoms with Gasteiger partial charge in [-0.1, -0.05) is 44.2 Å². The van der Waals surface area contributed by atoms with E-state index < -0.39 is 29.8 Å². The molecule has 1 rings (SSSR count). The molecule has 1 amide bonds. The van der Waals surface area contributed by atoms with E-state index in [-0.39, 0.29) is 18.8 Å². The highest BCUT2D eigenvalue weighted by molar-refractivity contribution is 5.97. The Bertz CT molecular complexity index is 527. The highest BCUT2D eigenvalue weighted by Gasteiger charge is 2.24. The summed E-state index contributed by atoms with van der Waals surface area (Å²) in [4.78, 5) is 34.3. The van der Waals surface area contributed by atoms with Crippen molar-refractivity contribution in [3.05, 3.63) is 35.9 Å². The first-order chi connectivity index (χ1) is 10.3. The zero-order valence-corrected chi connectivity index (χ0v) is 12.6. The normalized spacial score (nSPS) is 13.4. The minimum absolute atomic E-state index is 0.0127. The average Bonchev–Trinajstić information content (AvgIpc) is 2.44. The third kappa shape index (κ3) is 5.55. The van der Waals surface area contributed by atoms with Gasteiger partial charge in [-0.2, -0.15) is 0 Å². The van der Waals surface area contributed by atoms with Crippen LogP contribution in [0.25, 0.3) is 0 Å². The molecule has 0 heterocycles. The van der Waals surface area contributed by atoms with Crippen LogP contribution in [-0.4, -0.2) is 23.9 Å². The first-order valence-electron chi connectivity index (χ1n) is 7.07. The van der Waals surface area contributed by atoms with Gasteiger partial charge in [0.2, 0.25) is 5.91 Å². The molecule has 1 aromatic carbocycles. The van der Waals surface area contributed by atoms with Gasteiger partial charge in [-0.3, -0.25) is 4.79 Å². The number of hydrogen-bond donors (Lipinski definition) is 1. The second kappa shape index (κ2) is 8.17. The fourth-order valence-corrected chi connectivity index (χ4v) is 2.09. The summed E-state index contributed by atoms with van der Waals surface area (Å²) in [6.07, 6.45) is 0.107. The summed E-state index contributed by atoms with van der Waals surface area (Å²) in [5.41, 5.74) is 0.653. The Hall–Kier alpha value is -2.37. The van der Waals surface area contributed by atoms with E-state index in [2.05, 4.69) is 5.32 Å². The van der Waals surface area contributed by atoms with Crippen LogP contribution in [0.3, 0.4) is 0 Å². The maximum Gasteiger partial charge on any atom is 0.229 e. The molecule has 0 saturated heterocycles. The lowest BCUT2D eigenvalue weighted by Gasteiger charge is -2.25. The molecule has 1 N–H and O–H groups in total. The quantitative estimate of drug-likeness (QED) is 0.612. The van der Waals surface area contributed by atoms with Gasteiger partial charge >= 0.3 is 0 Å². The summed E-state index contributed by atoms with van der Waals surface area (Å²) in [6, 6.07) is 7.38. The zero-order valence-electron chi connectivity index (χ0n) is 12.6. The third-order valence-electron chi connectivity index (χ3n) is 3.19. The Morgan fingerprint density at radius 1 is 1.05 bits per heavy atom. The van der Waals surface area contributed by atoms with Crippen LogP contribution < -0.4 is 15.5 Å². The molecule has 0 aliphatic carbocycles. The van der Waals surface area contributed by atoms with E-state index in [1.165, 1.54) is 0 Å². The van der Waals surface area contributed by atoms with Crippen LogP contribution in [0.2, 0.25) is 0 Å². The van der Waals surface area contributed by atoms with Crippen LogP contribution in [-0.2, 0) is 20.8 Å². The average molecular weight is 305 g/mol. The summed E-state index contributed by atoms with van der Waals surface area (Å²) in [5, 5.41) is 24.4. The molecule has 0 aliphatic heterocycles. The Labute approximate surface area is 129 Å². The lowest BCUT2D eigenvalue weighted by molar-refractivity contribution is -0.312. The van der Waals surface area contributed by atoms with E-state index >= 15 is 0 Å². The number of carbonyl (C=O) groups excluding carboxylic acids is 3. The van der Waals surface area contributed by atoms with E-state index in [0.29, 0.717) is 5.56 Å². The van der Waals surface area contributed by atoms with Crippen molar-refractivity contribution >= 4 is 17.8 Å². The van der Waals surface area contributed by atoms with Crippen LogP contribution in [0.15, 0.2) is 30.3 Å². The first kappa shape index (κ1) is 17.7. The molecule has 0 spiro atoms. The van der Waals surface area contributed by atoms with E-state index in [1.54, 1.807) is 44.2 Å². The van der Waals surface area contributed by atoms with Gasteiger partial charge in [0.05, 0.1) is 23.9 Å². The van der Waals surface area contributed by atoms with Crippen molar-refractivity contribution in [2.24, 2.45) is 11.8 Å². The molecule has 2 atom stereocenters. The first-order valence-corrected chi connectivity index (χ1v) is 7.07. The highest BCUT2D eigenvalue weighted by atomic mass is 16.4. The Kier molecular flexibility index (Phi) is 6.56. The highest BCUT2D eigenvalue weighted by Crippen LogP contribution is 2.10. The largest absolute Gasteiger partial charge is 0.549 e. The van der Waals surface area contributed by atoms with E-state index in [1.807, 2.05) is 0 Å². The van der Waals surface area contributed by atoms with Gasteiger partial charge < -0.3 is 25.1 Å². The molecule has 0 saturated carbocycles. The lowest BCUT2D eigenvalue weighted by Crippen LogP contribution is -2.53. The molecule has 6 heteroatoms. The molecule has 22 heavy (non-hydrogen) atoms. The molecular weight excluding hydrogens is 286 g/mol.